The summed E-state index contributed by atoms with van der Waals surface area (Å²) in [7, 11) is 0. The van der Waals surface area contributed by atoms with Gasteiger partial charge < -0.3 is 4.57 Å². The molecule has 0 aliphatic rings. The van der Waals surface area contributed by atoms with Crippen molar-refractivity contribution in [3.63, 3.8) is 0 Å². The average Bonchev–Trinajstić information content (AvgIpc) is 2.86. The Morgan fingerprint density at radius 2 is 2.00 bits per heavy atom. The summed E-state index contributed by atoms with van der Waals surface area (Å²) in [6.45, 7) is 4.38. The highest BCUT2D eigenvalue weighted by Gasteiger charge is 2.35. The van der Waals surface area contributed by atoms with Crippen molar-refractivity contribution in [2.75, 3.05) is 5.75 Å². The van der Waals surface area contributed by atoms with Crippen molar-refractivity contribution in [1.29, 1.82) is 0 Å². The lowest BCUT2D eigenvalue weighted by molar-refractivity contribution is -0.137. The van der Waals surface area contributed by atoms with Crippen LogP contribution in [-0.4, -0.2) is 15.3 Å². The van der Waals surface area contributed by atoms with Crippen molar-refractivity contribution >= 4 is 11.8 Å². The summed E-state index contributed by atoms with van der Waals surface area (Å²) in [5.41, 5.74) is -0.449. The van der Waals surface area contributed by atoms with Crippen molar-refractivity contribution in [3.8, 4) is 11.4 Å². The number of hydrogen-bond acceptors (Lipinski definition) is 2. The number of aromatic nitrogens is 2. The van der Waals surface area contributed by atoms with Crippen molar-refractivity contribution < 1.29 is 13.2 Å². The number of nitrogens with zero attached hydrogens (tertiary/aromatic N) is 2. The molecule has 0 saturated heterocycles. The minimum Gasteiger partial charge on any atom is -0.331 e. The molecule has 0 fully saturated rings. The molecule has 0 unspecified atom stereocenters. The van der Waals surface area contributed by atoms with Gasteiger partial charge in [0.2, 0.25) is 0 Å². The number of thioether (sulfide) groups is 1. The summed E-state index contributed by atoms with van der Waals surface area (Å²) in [5, 5.41) is 0. The second-order valence-electron chi connectivity index (χ2n) is 4.15. The van der Waals surface area contributed by atoms with Gasteiger partial charge in [-0.25, -0.2) is 4.98 Å². The van der Waals surface area contributed by atoms with E-state index in [0.717, 1.165) is 6.07 Å². The molecule has 0 amide bonds. The van der Waals surface area contributed by atoms with Gasteiger partial charge in [-0.3, -0.25) is 0 Å². The molecule has 0 aliphatic heterocycles. The van der Waals surface area contributed by atoms with Crippen LogP contribution in [0.2, 0.25) is 0 Å². The van der Waals surface area contributed by atoms with E-state index in [1.165, 1.54) is 24.0 Å². The first kappa shape index (κ1) is 15.0. The van der Waals surface area contributed by atoms with Gasteiger partial charge in [0.15, 0.2) is 0 Å². The van der Waals surface area contributed by atoms with Crippen LogP contribution in [0.25, 0.3) is 11.4 Å². The fourth-order valence-electron chi connectivity index (χ4n) is 2.07. The molecule has 2 nitrogen and oxygen atoms in total. The zero-order chi connectivity index (χ0) is 14.8. The molecule has 0 bridgehead atoms. The molecule has 0 radical (unpaired) electrons. The third-order valence-electron chi connectivity index (χ3n) is 2.91. The van der Waals surface area contributed by atoms with Gasteiger partial charge in [0.05, 0.1) is 5.56 Å². The molecule has 1 aromatic carbocycles. The second kappa shape index (κ2) is 5.91. The molecular weight excluding hydrogens is 285 g/mol. The number of aryl methyl sites for hydroxylation is 1. The van der Waals surface area contributed by atoms with E-state index in [2.05, 4.69) is 4.98 Å². The monoisotopic (exact) mass is 300 g/mol. The van der Waals surface area contributed by atoms with Gasteiger partial charge in [-0.05, 0) is 24.8 Å². The van der Waals surface area contributed by atoms with Crippen LogP contribution in [0.5, 0.6) is 0 Å². The summed E-state index contributed by atoms with van der Waals surface area (Å²) in [6.07, 6.45) is -1.15. The fourth-order valence-corrected chi connectivity index (χ4v) is 2.90. The molecular formula is C14H15F3N2S. The SMILES string of the molecule is CCSc1cccc(C(F)(F)F)c1-c1nccn1CC. The minimum absolute atomic E-state index is 0.179. The van der Waals surface area contributed by atoms with E-state index in [-0.39, 0.29) is 5.56 Å². The molecule has 2 aromatic rings. The minimum atomic E-state index is -4.38. The maximum Gasteiger partial charge on any atom is 0.417 e. The number of imidazole rings is 1. The van der Waals surface area contributed by atoms with Crippen LogP contribution in [0.3, 0.4) is 0 Å². The van der Waals surface area contributed by atoms with Crippen molar-refractivity contribution in [2.45, 2.75) is 31.5 Å². The van der Waals surface area contributed by atoms with E-state index >= 15 is 0 Å². The third kappa shape index (κ3) is 2.85. The molecule has 0 aliphatic carbocycles. The summed E-state index contributed by atoms with van der Waals surface area (Å²) < 4.78 is 41.5. The van der Waals surface area contributed by atoms with Crippen molar-refractivity contribution in [1.82, 2.24) is 9.55 Å². The second-order valence-corrected chi connectivity index (χ2v) is 5.45. The Hall–Kier alpha value is -1.43. The highest BCUT2D eigenvalue weighted by Crippen LogP contribution is 2.41. The maximum atomic E-state index is 13.2. The number of hydrogen-bond donors (Lipinski definition) is 0. The van der Waals surface area contributed by atoms with Crippen LogP contribution in [0.1, 0.15) is 19.4 Å². The number of halogens is 3. The molecule has 0 spiro atoms. The largest absolute Gasteiger partial charge is 0.417 e. The Kier molecular flexibility index (Phi) is 4.42. The van der Waals surface area contributed by atoms with Crippen molar-refractivity contribution in [3.05, 3.63) is 36.2 Å². The van der Waals surface area contributed by atoms with E-state index in [0.29, 0.717) is 23.0 Å². The summed E-state index contributed by atoms with van der Waals surface area (Å²) in [6, 6.07) is 4.28. The fraction of sp³-hybridized carbons (Fsp3) is 0.357. The van der Waals surface area contributed by atoms with Crippen LogP contribution >= 0.6 is 11.8 Å². The van der Waals surface area contributed by atoms with Crippen LogP contribution in [-0.2, 0) is 12.7 Å². The quantitative estimate of drug-likeness (QED) is 0.762. The number of rotatable bonds is 4. The zero-order valence-corrected chi connectivity index (χ0v) is 12.1. The molecule has 6 heteroatoms. The summed E-state index contributed by atoms with van der Waals surface area (Å²) in [5.74, 6) is 1.08. The lowest BCUT2D eigenvalue weighted by atomic mass is 10.1. The first-order valence-corrected chi connectivity index (χ1v) is 7.32. The zero-order valence-electron chi connectivity index (χ0n) is 11.2. The van der Waals surface area contributed by atoms with Gasteiger partial charge in [0, 0.05) is 29.4 Å². The summed E-state index contributed by atoms with van der Waals surface area (Å²) in [4.78, 5) is 4.74. The summed E-state index contributed by atoms with van der Waals surface area (Å²) >= 11 is 1.40. The molecule has 1 heterocycles. The first-order valence-electron chi connectivity index (χ1n) is 6.33. The number of alkyl halides is 3. The molecule has 108 valence electrons. The Balaban J connectivity index is 2.70. The lowest BCUT2D eigenvalue weighted by Crippen LogP contribution is -2.10. The van der Waals surface area contributed by atoms with Crippen LogP contribution < -0.4 is 0 Å². The highest BCUT2D eigenvalue weighted by atomic mass is 32.2. The van der Waals surface area contributed by atoms with Crippen LogP contribution in [0, 0.1) is 0 Å². The van der Waals surface area contributed by atoms with E-state index in [9.17, 15) is 13.2 Å². The van der Waals surface area contributed by atoms with Crippen LogP contribution in [0.4, 0.5) is 13.2 Å². The molecule has 1 aromatic heterocycles. The Labute approximate surface area is 120 Å². The number of benzene rings is 1. The molecule has 0 atom stereocenters. The Morgan fingerprint density at radius 3 is 2.60 bits per heavy atom. The van der Waals surface area contributed by atoms with Crippen LogP contribution in [0.15, 0.2) is 35.5 Å². The predicted octanol–water partition coefficient (Wildman–Crippen LogP) is 4.70. The van der Waals surface area contributed by atoms with E-state index in [1.54, 1.807) is 16.8 Å². The van der Waals surface area contributed by atoms with Gasteiger partial charge in [-0.1, -0.05) is 13.0 Å². The van der Waals surface area contributed by atoms with E-state index < -0.39 is 11.7 Å². The van der Waals surface area contributed by atoms with Gasteiger partial charge in [0.1, 0.15) is 5.82 Å². The Bertz CT molecular complexity index is 590. The van der Waals surface area contributed by atoms with Gasteiger partial charge in [0.25, 0.3) is 0 Å². The lowest BCUT2D eigenvalue weighted by Gasteiger charge is -2.16. The van der Waals surface area contributed by atoms with Crippen molar-refractivity contribution in [2.24, 2.45) is 0 Å². The standard InChI is InChI=1S/C14H15F3N2S/c1-3-19-9-8-18-13(19)12-10(14(15,16)17)6-5-7-11(12)20-4-2/h5-9H,3-4H2,1-2H3. The molecule has 0 N–H and O–H groups in total. The normalized spacial score (nSPS) is 11.8. The Morgan fingerprint density at radius 1 is 1.25 bits per heavy atom. The van der Waals surface area contributed by atoms with E-state index in [1.807, 2.05) is 13.8 Å². The molecule has 2 rings (SSSR count). The van der Waals surface area contributed by atoms with Gasteiger partial charge in [-0.2, -0.15) is 13.2 Å². The first-order chi connectivity index (χ1) is 9.49. The maximum absolute atomic E-state index is 13.2. The highest BCUT2D eigenvalue weighted by molar-refractivity contribution is 7.99. The predicted molar refractivity (Wildman–Crippen MR) is 74.7 cm³/mol. The topological polar surface area (TPSA) is 17.8 Å². The van der Waals surface area contributed by atoms with Gasteiger partial charge in [-0.15, -0.1) is 11.8 Å². The van der Waals surface area contributed by atoms with Gasteiger partial charge >= 0.3 is 6.18 Å². The smallest absolute Gasteiger partial charge is 0.331 e. The molecule has 20 heavy (non-hydrogen) atoms. The third-order valence-corrected chi connectivity index (χ3v) is 3.85. The molecule has 0 saturated carbocycles. The van der Waals surface area contributed by atoms with E-state index in [4.69, 9.17) is 0 Å². The average molecular weight is 300 g/mol.